The van der Waals surface area contributed by atoms with Crippen LogP contribution in [0.25, 0.3) is 22.3 Å². The number of pyridine rings is 2. The molecule has 150 valence electrons. The van der Waals surface area contributed by atoms with Crippen LogP contribution in [0.5, 0.6) is 0 Å². The SMILES string of the molecule is C#Cc1cc(CC)c2nc3c(cc2c1)Cn1c-3cc2c(c1=O)COC(=O)[C@]2(O)CC. The molecule has 30 heavy (non-hydrogen) atoms. The zero-order valence-corrected chi connectivity index (χ0v) is 16.8. The van der Waals surface area contributed by atoms with Crippen molar-refractivity contribution in [1.82, 2.24) is 9.55 Å². The molecule has 0 saturated heterocycles. The number of aryl methyl sites for hydroxylation is 1. The van der Waals surface area contributed by atoms with Gasteiger partial charge in [0, 0.05) is 22.1 Å². The van der Waals surface area contributed by atoms with Crippen molar-refractivity contribution in [3.8, 4) is 23.7 Å². The molecular formula is C24H20N2O4. The minimum atomic E-state index is -1.82. The van der Waals surface area contributed by atoms with Crippen molar-refractivity contribution in [2.24, 2.45) is 0 Å². The van der Waals surface area contributed by atoms with E-state index in [1.165, 1.54) is 0 Å². The molecule has 3 aromatic rings. The van der Waals surface area contributed by atoms with Crippen LogP contribution in [-0.4, -0.2) is 20.6 Å². The Morgan fingerprint density at radius 2 is 2.07 bits per heavy atom. The van der Waals surface area contributed by atoms with Gasteiger partial charge < -0.3 is 14.4 Å². The molecule has 1 atom stereocenters. The van der Waals surface area contributed by atoms with E-state index < -0.39 is 11.6 Å². The lowest BCUT2D eigenvalue weighted by atomic mass is 9.86. The molecule has 5 rings (SSSR count). The van der Waals surface area contributed by atoms with Crippen LogP contribution >= 0.6 is 0 Å². The van der Waals surface area contributed by atoms with E-state index in [4.69, 9.17) is 16.1 Å². The Morgan fingerprint density at radius 3 is 2.77 bits per heavy atom. The summed E-state index contributed by atoms with van der Waals surface area (Å²) in [6, 6.07) is 7.65. The number of aromatic nitrogens is 2. The maximum Gasteiger partial charge on any atom is 0.343 e. The summed E-state index contributed by atoms with van der Waals surface area (Å²) in [6.07, 6.45) is 6.50. The Labute approximate surface area is 173 Å². The van der Waals surface area contributed by atoms with Gasteiger partial charge in [-0.3, -0.25) is 4.79 Å². The fraction of sp³-hybridized carbons (Fsp3) is 0.292. The monoisotopic (exact) mass is 400 g/mol. The lowest BCUT2D eigenvalue weighted by molar-refractivity contribution is -0.172. The summed E-state index contributed by atoms with van der Waals surface area (Å²) < 4.78 is 6.75. The fourth-order valence-corrected chi connectivity index (χ4v) is 4.52. The van der Waals surface area contributed by atoms with Gasteiger partial charge in [0.25, 0.3) is 5.56 Å². The highest BCUT2D eigenvalue weighted by atomic mass is 16.6. The molecule has 2 aliphatic rings. The molecular weight excluding hydrogens is 380 g/mol. The second-order valence-corrected chi connectivity index (χ2v) is 7.80. The molecule has 0 spiro atoms. The molecule has 6 nitrogen and oxygen atoms in total. The second kappa shape index (κ2) is 6.28. The number of hydrogen-bond donors (Lipinski definition) is 1. The first kappa shape index (κ1) is 18.6. The number of aliphatic hydroxyl groups is 1. The van der Waals surface area contributed by atoms with Crippen LogP contribution in [0.15, 0.2) is 29.1 Å². The third-order valence-corrected chi connectivity index (χ3v) is 6.24. The van der Waals surface area contributed by atoms with Gasteiger partial charge in [0.05, 0.1) is 29.0 Å². The quantitative estimate of drug-likeness (QED) is 0.413. The molecule has 0 aliphatic carbocycles. The largest absolute Gasteiger partial charge is 0.458 e. The lowest BCUT2D eigenvalue weighted by Crippen LogP contribution is -2.44. The van der Waals surface area contributed by atoms with Gasteiger partial charge in [-0.1, -0.05) is 19.8 Å². The molecule has 0 amide bonds. The van der Waals surface area contributed by atoms with Crippen LogP contribution in [0, 0.1) is 12.3 Å². The minimum absolute atomic E-state index is 0.120. The van der Waals surface area contributed by atoms with Gasteiger partial charge in [-0.15, -0.1) is 6.42 Å². The number of rotatable bonds is 2. The van der Waals surface area contributed by atoms with Crippen LogP contribution in [0.3, 0.4) is 0 Å². The predicted octanol–water partition coefficient (Wildman–Crippen LogP) is 2.62. The number of benzene rings is 1. The van der Waals surface area contributed by atoms with Crippen molar-refractivity contribution in [2.45, 2.75) is 45.4 Å². The highest BCUT2D eigenvalue weighted by molar-refractivity contribution is 5.88. The number of ether oxygens (including phenoxy) is 1. The molecule has 1 aromatic carbocycles. The zero-order chi connectivity index (χ0) is 21.2. The van der Waals surface area contributed by atoms with Crippen molar-refractivity contribution in [3.05, 3.63) is 62.4 Å². The third kappa shape index (κ3) is 2.33. The molecule has 2 aliphatic heterocycles. The van der Waals surface area contributed by atoms with E-state index in [1.807, 2.05) is 25.1 Å². The highest BCUT2D eigenvalue weighted by Crippen LogP contribution is 2.39. The molecule has 2 aromatic heterocycles. The number of esters is 1. The van der Waals surface area contributed by atoms with Crippen LogP contribution in [0.2, 0.25) is 0 Å². The molecule has 0 radical (unpaired) electrons. The van der Waals surface area contributed by atoms with E-state index in [-0.39, 0.29) is 18.6 Å². The molecule has 0 saturated carbocycles. The van der Waals surface area contributed by atoms with Gasteiger partial charge >= 0.3 is 5.97 Å². The fourth-order valence-electron chi connectivity index (χ4n) is 4.52. The van der Waals surface area contributed by atoms with E-state index in [9.17, 15) is 14.7 Å². The smallest absolute Gasteiger partial charge is 0.343 e. The maximum atomic E-state index is 13.2. The Morgan fingerprint density at radius 1 is 1.27 bits per heavy atom. The van der Waals surface area contributed by atoms with Crippen molar-refractivity contribution in [2.75, 3.05) is 0 Å². The lowest BCUT2D eigenvalue weighted by Gasteiger charge is -2.31. The standard InChI is InChI=1S/C24H20N2O4/c1-4-13-7-14(5-2)20-15(8-13)9-16-11-26-19(21(16)25-20)10-18-17(22(26)27)12-30-23(28)24(18,29)6-3/h1,7-10,29H,5-6,11-12H2,2-3H3/t24-/m0/s1. The molecule has 6 heteroatoms. The summed E-state index contributed by atoms with van der Waals surface area (Å²) >= 11 is 0. The van der Waals surface area contributed by atoms with Crippen LogP contribution in [-0.2, 0) is 34.7 Å². The molecule has 0 fully saturated rings. The Hall–Kier alpha value is -3.43. The first-order chi connectivity index (χ1) is 14.4. The van der Waals surface area contributed by atoms with Gasteiger partial charge in [0.1, 0.15) is 6.61 Å². The Balaban J connectivity index is 1.80. The van der Waals surface area contributed by atoms with E-state index >= 15 is 0 Å². The summed E-state index contributed by atoms with van der Waals surface area (Å²) in [6.45, 7) is 3.98. The summed E-state index contributed by atoms with van der Waals surface area (Å²) in [5, 5.41) is 11.9. The van der Waals surface area contributed by atoms with Crippen molar-refractivity contribution in [3.63, 3.8) is 0 Å². The van der Waals surface area contributed by atoms with Crippen LogP contribution < -0.4 is 5.56 Å². The Kier molecular flexibility index (Phi) is 3.89. The van der Waals surface area contributed by atoms with Crippen molar-refractivity contribution < 1.29 is 14.6 Å². The average Bonchev–Trinajstić information content (AvgIpc) is 3.12. The number of carbonyl (C=O) groups is 1. The van der Waals surface area contributed by atoms with Gasteiger partial charge in [-0.05, 0) is 42.7 Å². The van der Waals surface area contributed by atoms with Gasteiger partial charge in [0.2, 0.25) is 0 Å². The van der Waals surface area contributed by atoms with Crippen LogP contribution in [0.1, 0.15) is 48.1 Å². The molecule has 0 unspecified atom stereocenters. The normalized spacial score (nSPS) is 19.1. The summed E-state index contributed by atoms with van der Waals surface area (Å²) in [7, 11) is 0. The molecule has 0 bridgehead atoms. The maximum absolute atomic E-state index is 13.2. The summed E-state index contributed by atoms with van der Waals surface area (Å²) in [4.78, 5) is 30.4. The second-order valence-electron chi connectivity index (χ2n) is 7.80. The van der Waals surface area contributed by atoms with E-state index in [0.29, 0.717) is 29.1 Å². The number of cyclic esters (lactones) is 1. The van der Waals surface area contributed by atoms with E-state index in [0.717, 1.165) is 34.0 Å². The number of fused-ring (bicyclic) bond motifs is 5. The van der Waals surface area contributed by atoms with Crippen molar-refractivity contribution >= 4 is 16.9 Å². The number of hydrogen-bond acceptors (Lipinski definition) is 5. The summed E-state index contributed by atoms with van der Waals surface area (Å²) in [5.41, 5.74) is 3.47. The van der Waals surface area contributed by atoms with Crippen molar-refractivity contribution in [1.29, 1.82) is 0 Å². The average molecular weight is 400 g/mol. The van der Waals surface area contributed by atoms with E-state index in [1.54, 1.807) is 17.6 Å². The molecule has 4 heterocycles. The highest BCUT2D eigenvalue weighted by Gasteiger charge is 2.45. The predicted molar refractivity (Wildman–Crippen MR) is 112 cm³/mol. The van der Waals surface area contributed by atoms with Gasteiger partial charge in [0.15, 0.2) is 5.60 Å². The number of terminal acetylenes is 1. The first-order valence-electron chi connectivity index (χ1n) is 10.0. The Bertz CT molecular complexity index is 1360. The third-order valence-electron chi connectivity index (χ3n) is 6.24. The van der Waals surface area contributed by atoms with Gasteiger partial charge in [-0.2, -0.15) is 0 Å². The van der Waals surface area contributed by atoms with E-state index in [2.05, 4.69) is 5.92 Å². The number of nitrogens with zero attached hydrogens (tertiary/aromatic N) is 2. The summed E-state index contributed by atoms with van der Waals surface area (Å²) in [5.74, 6) is 1.97. The molecule has 1 N–H and O–H groups in total. The topological polar surface area (TPSA) is 81.4 Å². The zero-order valence-electron chi connectivity index (χ0n) is 16.8. The van der Waals surface area contributed by atoms with Gasteiger partial charge in [-0.25, -0.2) is 9.78 Å². The minimum Gasteiger partial charge on any atom is -0.458 e. The van der Waals surface area contributed by atoms with Crippen LogP contribution in [0.4, 0.5) is 0 Å². The number of carbonyl (C=O) groups excluding carboxylic acids is 1. The first-order valence-corrected chi connectivity index (χ1v) is 10.0.